The second-order valence-electron chi connectivity index (χ2n) is 6.79. The molecule has 0 aromatic heterocycles. The zero-order chi connectivity index (χ0) is 10.8. The van der Waals surface area contributed by atoms with Crippen molar-refractivity contribution in [2.75, 3.05) is 0 Å². The predicted molar refractivity (Wildman–Crippen MR) is 64.5 cm³/mol. The molecule has 0 aromatic rings. The van der Waals surface area contributed by atoms with Gasteiger partial charge in [0.2, 0.25) is 0 Å². The molecule has 3 aliphatic carbocycles. The first-order valence-corrected chi connectivity index (χ1v) is 6.72. The molecule has 3 rings (SSSR count). The Morgan fingerprint density at radius 3 is 2.80 bits per heavy atom. The van der Waals surface area contributed by atoms with E-state index in [9.17, 15) is 0 Å². The lowest BCUT2D eigenvalue weighted by Crippen LogP contribution is -2.53. The van der Waals surface area contributed by atoms with Crippen LogP contribution in [0.15, 0.2) is 11.6 Å². The summed E-state index contributed by atoms with van der Waals surface area (Å²) < 4.78 is 0. The lowest BCUT2D eigenvalue weighted by Gasteiger charge is -2.57. The van der Waals surface area contributed by atoms with Gasteiger partial charge in [0.15, 0.2) is 0 Å². The summed E-state index contributed by atoms with van der Waals surface area (Å²) in [5.41, 5.74) is 2.43. The maximum atomic E-state index is 2.58. The van der Waals surface area contributed by atoms with Crippen molar-refractivity contribution >= 4 is 0 Å². The molecular formula is C15H24. The lowest BCUT2D eigenvalue weighted by molar-refractivity contribution is -0.0811. The van der Waals surface area contributed by atoms with Gasteiger partial charge in [-0.1, -0.05) is 32.4 Å². The third kappa shape index (κ3) is 1.04. The van der Waals surface area contributed by atoms with Crippen molar-refractivity contribution in [1.82, 2.24) is 0 Å². The third-order valence-corrected chi connectivity index (χ3v) is 5.98. The van der Waals surface area contributed by atoms with Gasteiger partial charge in [0.25, 0.3) is 0 Å². The van der Waals surface area contributed by atoms with E-state index in [0.717, 1.165) is 29.6 Å². The summed E-state index contributed by atoms with van der Waals surface area (Å²) >= 11 is 0. The predicted octanol–water partition coefficient (Wildman–Crippen LogP) is 4.27. The van der Waals surface area contributed by atoms with E-state index in [1.807, 2.05) is 0 Å². The normalized spacial score (nSPS) is 52.5. The van der Waals surface area contributed by atoms with E-state index in [0.29, 0.717) is 5.41 Å². The Balaban J connectivity index is 1.91. The van der Waals surface area contributed by atoms with Crippen LogP contribution in [-0.4, -0.2) is 0 Å². The van der Waals surface area contributed by atoms with Crippen LogP contribution in [0, 0.1) is 35.0 Å². The third-order valence-electron chi connectivity index (χ3n) is 5.98. The van der Waals surface area contributed by atoms with E-state index in [4.69, 9.17) is 0 Å². The average molecular weight is 204 g/mol. The second-order valence-corrected chi connectivity index (χ2v) is 6.79. The van der Waals surface area contributed by atoms with Gasteiger partial charge in [0, 0.05) is 0 Å². The molecule has 2 saturated carbocycles. The fourth-order valence-electron chi connectivity index (χ4n) is 5.18. The maximum absolute atomic E-state index is 2.58. The highest BCUT2D eigenvalue weighted by atomic mass is 14.7. The van der Waals surface area contributed by atoms with E-state index in [1.165, 1.54) is 19.3 Å². The van der Waals surface area contributed by atoms with Gasteiger partial charge in [-0.15, -0.1) is 0 Å². The van der Waals surface area contributed by atoms with Crippen LogP contribution in [0.25, 0.3) is 0 Å². The van der Waals surface area contributed by atoms with Crippen molar-refractivity contribution in [3.63, 3.8) is 0 Å². The first-order chi connectivity index (χ1) is 7.05. The second kappa shape index (κ2) is 2.90. The first-order valence-electron chi connectivity index (χ1n) is 6.72. The van der Waals surface area contributed by atoms with E-state index in [-0.39, 0.29) is 0 Å². The molecule has 0 aromatic carbocycles. The van der Waals surface area contributed by atoms with E-state index < -0.39 is 0 Å². The smallest absolute Gasteiger partial charge is 0.0133 e. The Bertz CT molecular complexity index is 312. The highest BCUT2D eigenvalue weighted by molar-refractivity contribution is 5.27. The molecule has 0 radical (unpaired) electrons. The largest absolute Gasteiger partial charge is 0.0850 e. The minimum Gasteiger partial charge on any atom is -0.0850 e. The lowest BCUT2D eigenvalue weighted by atomic mass is 9.46. The van der Waals surface area contributed by atoms with Crippen molar-refractivity contribution in [2.24, 2.45) is 35.0 Å². The summed E-state index contributed by atoms with van der Waals surface area (Å²) in [6, 6.07) is 0. The molecule has 0 saturated heterocycles. The van der Waals surface area contributed by atoms with Crippen LogP contribution in [-0.2, 0) is 0 Å². The molecule has 0 nitrogen and oxygen atoms in total. The van der Waals surface area contributed by atoms with Crippen LogP contribution in [0.3, 0.4) is 0 Å². The van der Waals surface area contributed by atoms with Gasteiger partial charge >= 0.3 is 0 Å². The summed E-state index contributed by atoms with van der Waals surface area (Å²) in [7, 11) is 0. The van der Waals surface area contributed by atoms with Gasteiger partial charge in [-0.2, -0.15) is 0 Å². The van der Waals surface area contributed by atoms with Gasteiger partial charge in [0.1, 0.15) is 0 Å². The zero-order valence-corrected chi connectivity index (χ0v) is 10.6. The Labute approximate surface area is 94.1 Å². The van der Waals surface area contributed by atoms with E-state index >= 15 is 0 Å². The number of fused-ring (bicyclic) bond motifs is 4. The van der Waals surface area contributed by atoms with Crippen LogP contribution < -0.4 is 0 Å². The molecule has 0 heteroatoms. The number of rotatable bonds is 1. The first kappa shape index (κ1) is 9.93. The quantitative estimate of drug-likeness (QED) is 0.559. The molecule has 0 bridgehead atoms. The molecule has 0 aliphatic heterocycles. The fourth-order valence-corrected chi connectivity index (χ4v) is 5.18. The van der Waals surface area contributed by atoms with Gasteiger partial charge < -0.3 is 0 Å². The summed E-state index contributed by atoms with van der Waals surface area (Å²) in [6.45, 7) is 9.81. The summed E-state index contributed by atoms with van der Waals surface area (Å²) in [4.78, 5) is 0. The molecule has 0 heterocycles. The minimum absolute atomic E-state index is 0.716. The van der Waals surface area contributed by atoms with Gasteiger partial charge in [-0.3, -0.25) is 0 Å². The van der Waals surface area contributed by atoms with Crippen LogP contribution in [0.2, 0.25) is 0 Å². The van der Waals surface area contributed by atoms with Crippen molar-refractivity contribution in [3.8, 4) is 0 Å². The Hall–Kier alpha value is -0.260. The van der Waals surface area contributed by atoms with Gasteiger partial charge in [-0.25, -0.2) is 0 Å². The molecule has 0 amide bonds. The molecule has 3 aliphatic rings. The van der Waals surface area contributed by atoms with Crippen molar-refractivity contribution in [3.05, 3.63) is 11.6 Å². The zero-order valence-electron chi connectivity index (χ0n) is 10.6. The Morgan fingerprint density at radius 2 is 2.13 bits per heavy atom. The maximum Gasteiger partial charge on any atom is -0.0133 e. The van der Waals surface area contributed by atoms with Crippen LogP contribution in [0.5, 0.6) is 0 Å². The van der Waals surface area contributed by atoms with E-state index in [2.05, 4.69) is 33.8 Å². The Morgan fingerprint density at radius 1 is 1.40 bits per heavy atom. The summed E-state index contributed by atoms with van der Waals surface area (Å²) in [5.74, 6) is 4.93. The number of hydrogen-bond acceptors (Lipinski definition) is 0. The monoisotopic (exact) mass is 204 g/mol. The van der Waals surface area contributed by atoms with Crippen LogP contribution in [0.1, 0.15) is 47.0 Å². The number of hydrogen-bond donors (Lipinski definition) is 0. The van der Waals surface area contributed by atoms with Crippen LogP contribution >= 0.6 is 0 Å². The molecule has 2 fully saturated rings. The number of allylic oxidation sites excluding steroid dienone is 2. The molecule has 15 heavy (non-hydrogen) atoms. The molecule has 84 valence electrons. The molecule has 0 spiro atoms. The standard InChI is InChI=1S/C15H24/c1-9(2)11-7-8-15(4)12-6-5-10(3)13(12)14(11)15/h5,9,11-14H,6-8H2,1-4H3/t11-,12+,13-,14+,15-/m0/s1. The molecule has 5 atom stereocenters. The highest BCUT2D eigenvalue weighted by Gasteiger charge is 2.65. The fraction of sp³-hybridized carbons (Fsp3) is 0.867. The molecule has 0 N–H and O–H groups in total. The minimum atomic E-state index is 0.716. The average Bonchev–Trinajstić information content (AvgIpc) is 2.62. The van der Waals surface area contributed by atoms with Gasteiger partial charge in [-0.05, 0) is 61.2 Å². The molecule has 0 unspecified atom stereocenters. The topological polar surface area (TPSA) is 0 Å². The summed E-state index contributed by atoms with van der Waals surface area (Å²) in [5, 5.41) is 0. The molecular weight excluding hydrogens is 180 g/mol. The SMILES string of the molecule is CC1=CC[C@@H]2[C@H]1[C@H]1[C@H](C(C)C)CC[C@]12C. The van der Waals surface area contributed by atoms with Crippen molar-refractivity contribution in [1.29, 1.82) is 0 Å². The Kier molecular flexibility index (Phi) is 1.92. The van der Waals surface area contributed by atoms with Crippen LogP contribution in [0.4, 0.5) is 0 Å². The van der Waals surface area contributed by atoms with Gasteiger partial charge in [0.05, 0.1) is 0 Å². The summed E-state index contributed by atoms with van der Waals surface area (Å²) in [6.07, 6.45) is 6.91. The van der Waals surface area contributed by atoms with E-state index in [1.54, 1.807) is 5.57 Å². The highest BCUT2D eigenvalue weighted by Crippen LogP contribution is 2.71. The van der Waals surface area contributed by atoms with Crippen molar-refractivity contribution in [2.45, 2.75) is 47.0 Å². The van der Waals surface area contributed by atoms with Crippen molar-refractivity contribution < 1.29 is 0 Å².